The minimum Gasteiger partial charge on any atom is -0.490 e. The van der Waals surface area contributed by atoms with E-state index in [-0.39, 0.29) is 5.91 Å². The number of rotatable bonds is 3. The average molecular weight is 302 g/mol. The van der Waals surface area contributed by atoms with Crippen molar-refractivity contribution in [3.63, 3.8) is 0 Å². The summed E-state index contributed by atoms with van der Waals surface area (Å²) >= 11 is 1.38. The molecule has 6 heteroatoms. The lowest BCUT2D eigenvalue weighted by molar-refractivity contribution is -0.111. The van der Waals surface area contributed by atoms with E-state index in [4.69, 9.17) is 9.47 Å². The quantitative estimate of drug-likeness (QED) is 0.886. The van der Waals surface area contributed by atoms with Gasteiger partial charge in [-0.3, -0.25) is 10.1 Å². The zero-order chi connectivity index (χ0) is 14.5. The van der Waals surface area contributed by atoms with Gasteiger partial charge in [-0.1, -0.05) is 6.07 Å². The Hall–Kier alpha value is -2.34. The number of thiazole rings is 1. The molecule has 2 aromatic rings. The minimum atomic E-state index is -0.211. The molecule has 0 spiro atoms. The van der Waals surface area contributed by atoms with Crippen molar-refractivity contribution < 1.29 is 14.3 Å². The maximum absolute atomic E-state index is 11.7. The van der Waals surface area contributed by atoms with E-state index >= 15 is 0 Å². The third-order valence-corrected chi connectivity index (χ3v) is 3.55. The van der Waals surface area contributed by atoms with Crippen molar-refractivity contribution in [2.45, 2.75) is 6.42 Å². The number of fused-ring (bicyclic) bond motifs is 1. The number of nitrogens with one attached hydrogen (secondary N) is 1. The lowest BCUT2D eigenvalue weighted by Crippen LogP contribution is -2.07. The highest BCUT2D eigenvalue weighted by Gasteiger charge is 2.09. The predicted octanol–water partition coefficient (Wildman–Crippen LogP) is 2.96. The number of hydrogen-bond donors (Lipinski definition) is 1. The van der Waals surface area contributed by atoms with Gasteiger partial charge in [0.15, 0.2) is 16.6 Å². The maximum Gasteiger partial charge on any atom is 0.250 e. The number of aromatic nitrogens is 1. The molecule has 21 heavy (non-hydrogen) atoms. The van der Waals surface area contributed by atoms with Gasteiger partial charge in [-0.15, -0.1) is 11.3 Å². The Bertz CT molecular complexity index is 653. The zero-order valence-corrected chi connectivity index (χ0v) is 12.1. The van der Waals surface area contributed by atoms with Crippen LogP contribution in [-0.2, 0) is 4.79 Å². The molecule has 3 rings (SSSR count). The van der Waals surface area contributed by atoms with Crippen LogP contribution < -0.4 is 14.8 Å². The highest BCUT2D eigenvalue weighted by atomic mass is 32.1. The van der Waals surface area contributed by atoms with Gasteiger partial charge in [-0.2, -0.15) is 0 Å². The van der Waals surface area contributed by atoms with E-state index in [1.165, 1.54) is 17.4 Å². The lowest BCUT2D eigenvalue weighted by atomic mass is 10.2. The Labute approximate surface area is 126 Å². The van der Waals surface area contributed by atoms with Crippen LogP contribution in [0.25, 0.3) is 6.08 Å². The standard InChI is InChI=1S/C15H14N2O3S/c18-14(17-15-16-6-9-21-15)5-3-11-2-4-12-13(10-11)20-8-1-7-19-12/h2-6,9-10H,1,7-8H2,(H,16,17,18). The number of nitrogens with zero attached hydrogens (tertiary/aromatic N) is 1. The average Bonchev–Trinajstić information content (AvgIpc) is 2.88. The zero-order valence-electron chi connectivity index (χ0n) is 11.2. The van der Waals surface area contributed by atoms with Crippen LogP contribution in [0.3, 0.4) is 0 Å². The molecule has 0 radical (unpaired) electrons. The van der Waals surface area contributed by atoms with Crippen molar-refractivity contribution in [3.8, 4) is 11.5 Å². The third kappa shape index (κ3) is 3.61. The molecule has 0 unspecified atom stereocenters. The van der Waals surface area contributed by atoms with Crippen LogP contribution in [-0.4, -0.2) is 24.1 Å². The molecule has 0 atom stereocenters. The molecule has 0 fully saturated rings. The van der Waals surface area contributed by atoms with E-state index in [9.17, 15) is 4.79 Å². The molecule has 108 valence electrons. The molecular formula is C15H14N2O3S. The lowest BCUT2D eigenvalue weighted by Gasteiger charge is -2.07. The van der Waals surface area contributed by atoms with Gasteiger partial charge in [0.25, 0.3) is 0 Å². The van der Waals surface area contributed by atoms with E-state index in [1.807, 2.05) is 23.6 Å². The molecule has 1 aromatic carbocycles. The molecule has 0 aliphatic carbocycles. The largest absolute Gasteiger partial charge is 0.490 e. The molecule has 1 aliphatic rings. The fraction of sp³-hybridized carbons (Fsp3) is 0.200. The van der Waals surface area contributed by atoms with Crippen LogP contribution in [0.15, 0.2) is 35.9 Å². The second kappa shape index (κ2) is 6.41. The summed E-state index contributed by atoms with van der Waals surface area (Å²) in [6, 6.07) is 5.62. The Balaban J connectivity index is 1.68. The van der Waals surface area contributed by atoms with E-state index in [0.29, 0.717) is 18.3 Å². The number of benzene rings is 1. The van der Waals surface area contributed by atoms with Crippen LogP contribution >= 0.6 is 11.3 Å². The van der Waals surface area contributed by atoms with Gasteiger partial charge in [-0.05, 0) is 23.8 Å². The van der Waals surface area contributed by atoms with Gasteiger partial charge in [0, 0.05) is 24.1 Å². The summed E-state index contributed by atoms with van der Waals surface area (Å²) in [5.41, 5.74) is 0.883. The van der Waals surface area contributed by atoms with Gasteiger partial charge in [-0.25, -0.2) is 4.98 Å². The summed E-state index contributed by atoms with van der Waals surface area (Å²) in [6.45, 7) is 1.31. The van der Waals surface area contributed by atoms with Crippen molar-refractivity contribution in [2.24, 2.45) is 0 Å². The SMILES string of the molecule is O=C(C=Cc1ccc2c(c1)OCCCO2)Nc1nccs1. The molecule has 5 nitrogen and oxygen atoms in total. The summed E-state index contributed by atoms with van der Waals surface area (Å²) in [6.07, 6.45) is 5.72. The Kier molecular flexibility index (Phi) is 4.16. The molecule has 0 saturated carbocycles. The van der Waals surface area contributed by atoms with Gasteiger partial charge in [0.2, 0.25) is 5.91 Å². The first kappa shape index (κ1) is 13.6. The fourth-order valence-corrected chi connectivity index (χ4v) is 2.42. The number of carbonyl (C=O) groups is 1. The third-order valence-electron chi connectivity index (χ3n) is 2.86. The summed E-state index contributed by atoms with van der Waals surface area (Å²) in [5, 5.41) is 5.09. The number of ether oxygens (including phenoxy) is 2. The number of carbonyl (C=O) groups excluding carboxylic acids is 1. The minimum absolute atomic E-state index is 0.211. The molecule has 1 amide bonds. The van der Waals surface area contributed by atoms with E-state index < -0.39 is 0 Å². The van der Waals surface area contributed by atoms with E-state index in [0.717, 1.165) is 23.5 Å². The Morgan fingerprint density at radius 1 is 1.29 bits per heavy atom. The van der Waals surface area contributed by atoms with Crippen LogP contribution in [0.5, 0.6) is 11.5 Å². The monoisotopic (exact) mass is 302 g/mol. The van der Waals surface area contributed by atoms with Gasteiger partial charge >= 0.3 is 0 Å². The number of anilines is 1. The Morgan fingerprint density at radius 3 is 2.95 bits per heavy atom. The maximum atomic E-state index is 11.7. The molecule has 1 aromatic heterocycles. The number of amides is 1. The molecule has 2 heterocycles. The smallest absolute Gasteiger partial charge is 0.250 e. The second-order valence-electron chi connectivity index (χ2n) is 4.42. The van der Waals surface area contributed by atoms with Crippen LogP contribution in [0.1, 0.15) is 12.0 Å². The molecule has 0 bridgehead atoms. The predicted molar refractivity (Wildman–Crippen MR) is 81.8 cm³/mol. The molecule has 1 N–H and O–H groups in total. The van der Waals surface area contributed by atoms with Crippen molar-refractivity contribution in [1.82, 2.24) is 4.98 Å². The summed E-state index contributed by atoms with van der Waals surface area (Å²) < 4.78 is 11.2. The first-order valence-corrected chi connectivity index (χ1v) is 7.47. The Morgan fingerprint density at radius 2 is 2.14 bits per heavy atom. The van der Waals surface area contributed by atoms with Gasteiger partial charge in [0.1, 0.15) is 0 Å². The number of hydrogen-bond acceptors (Lipinski definition) is 5. The summed E-state index contributed by atoms with van der Waals surface area (Å²) in [7, 11) is 0. The summed E-state index contributed by atoms with van der Waals surface area (Å²) in [4.78, 5) is 15.7. The van der Waals surface area contributed by atoms with Crippen LogP contribution in [0.2, 0.25) is 0 Å². The van der Waals surface area contributed by atoms with Gasteiger partial charge < -0.3 is 9.47 Å². The molecule has 1 aliphatic heterocycles. The van der Waals surface area contributed by atoms with Crippen molar-refractivity contribution in [3.05, 3.63) is 41.4 Å². The normalized spacial score (nSPS) is 13.9. The van der Waals surface area contributed by atoms with Crippen molar-refractivity contribution in [1.29, 1.82) is 0 Å². The van der Waals surface area contributed by atoms with E-state index in [2.05, 4.69) is 10.3 Å². The topological polar surface area (TPSA) is 60.5 Å². The van der Waals surface area contributed by atoms with Crippen LogP contribution in [0.4, 0.5) is 5.13 Å². The second-order valence-corrected chi connectivity index (χ2v) is 5.31. The fourth-order valence-electron chi connectivity index (χ4n) is 1.89. The van der Waals surface area contributed by atoms with Crippen molar-refractivity contribution in [2.75, 3.05) is 18.5 Å². The first-order valence-electron chi connectivity index (χ1n) is 6.59. The van der Waals surface area contributed by atoms with E-state index in [1.54, 1.807) is 12.3 Å². The van der Waals surface area contributed by atoms with Crippen molar-refractivity contribution >= 4 is 28.5 Å². The highest BCUT2D eigenvalue weighted by molar-refractivity contribution is 7.13. The highest BCUT2D eigenvalue weighted by Crippen LogP contribution is 2.30. The van der Waals surface area contributed by atoms with Gasteiger partial charge in [0.05, 0.1) is 13.2 Å². The summed E-state index contributed by atoms with van der Waals surface area (Å²) in [5.74, 6) is 1.25. The first-order chi connectivity index (χ1) is 10.3. The molecular weight excluding hydrogens is 288 g/mol. The molecule has 0 saturated heterocycles. The van der Waals surface area contributed by atoms with Crippen LogP contribution in [0, 0.1) is 0 Å².